The van der Waals surface area contributed by atoms with Crippen molar-refractivity contribution in [2.45, 2.75) is 13.0 Å². The molecule has 116 valence electrons. The largest absolute Gasteiger partial charge is 0.482 e. The zero-order valence-corrected chi connectivity index (χ0v) is 12.7. The predicted octanol–water partition coefficient (Wildman–Crippen LogP) is 2.57. The third-order valence-electron chi connectivity index (χ3n) is 3.27. The Labute approximate surface area is 131 Å². The lowest BCUT2D eigenvalue weighted by Crippen LogP contribution is -2.16. The number of ether oxygens (including phenoxy) is 2. The van der Waals surface area contributed by atoms with Gasteiger partial charge in [0.05, 0.1) is 7.11 Å². The van der Waals surface area contributed by atoms with Crippen LogP contribution in [0, 0.1) is 0 Å². The quantitative estimate of drug-likeness (QED) is 0.601. The summed E-state index contributed by atoms with van der Waals surface area (Å²) in [7, 11) is 1.34. The Morgan fingerprint density at radius 2 is 1.73 bits per heavy atom. The molecule has 2 aromatic rings. The monoisotopic (exact) mass is 299 g/mol. The molecule has 22 heavy (non-hydrogen) atoms. The molecule has 0 aliphatic heterocycles. The summed E-state index contributed by atoms with van der Waals surface area (Å²) in [4.78, 5) is 11.0. The molecule has 0 bridgehead atoms. The fraction of sp³-hybridized carbons (Fsp3) is 0.278. The van der Waals surface area contributed by atoms with Crippen LogP contribution in [0.3, 0.4) is 0 Å². The van der Waals surface area contributed by atoms with E-state index in [-0.39, 0.29) is 12.6 Å². The van der Waals surface area contributed by atoms with Crippen molar-refractivity contribution in [3.63, 3.8) is 0 Å². The molecule has 0 aromatic heterocycles. The van der Waals surface area contributed by atoms with E-state index < -0.39 is 0 Å². The summed E-state index contributed by atoms with van der Waals surface area (Å²) >= 11 is 0. The minimum Gasteiger partial charge on any atom is -0.482 e. The minimum atomic E-state index is -0.383. The van der Waals surface area contributed by atoms with Gasteiger partial charge in [-0.2, -0.15) is 0 Å². The van der Waals surface area contributed by atoms with Crippen LogP contribution in [0.2, 0.25) is 0 Å². The number of benzene rings is 2. The highest BCUT2D eigenvalue weighted by Gasteiger charge is 2.01. The second kappa shape index (κ2) is 8.85. The molecule has 0 amide bonds. The fourth-order valence-corrected chi connectivity index (χ4v) is 2.01. The third kappa shape index (κ3) is 5.58. The smallest absolute Gasteiger partial charge is 0.343 e. The Kier molecular flexibility index (Phi) is 6.45. The molecule has 0 aliphatic rings. The highest BCUT2D eigenvalue weighted by atomic mass is 16.6. The number of hydrogen-bond acceptors (Lipinski definition) is 4. The van der Waals surface area contributed by atoms with Crippen molar-refractivity contribution in [1.82, 2.24) is 5.32 Å². The number of methoxy groups -OCH3 is 1. The van der Waals surface area contributed by atoms with Gasteiger partial charge >= 0.3 is 5.97 Å². The first-order valence-electron chi connectivity index (χ1n) is 7.31. The highest BCUT2D eigenvalue weighted by Crippen LogP contribution is 2.12. The molecule has 0 saturated carbocycles. The fourth-order valence-electron chi connectivity index (χ4n) is 2.01. The molecule has 2 aromatic carbocycles. The van der Waals surface area contributed by atoms with Crippen LogP contribution in [0.15, 0.2) is 54.6 Å². The van der Waals surface area contributed by atoms with E-state index in [1.54, 1.807) is 0 Å². The number of rotatable bonds is 8. The molecule has 0 unspecified atom stereocenters. The van der Waals surface area contributed by atoms with Gasteiger partial charge < -0.3 is 14.8 Å². The molecule has 1 N–H and O–H groups in total. The van der Waals surface area contributed by atoms with Gasteiger partial charge in [-0.15, -0.1) is 0 Å². The summed E-state index contributed by atoms with van der Waals surface area (Å²) in [6.45, 7) is 1.68. The Morgan fingerprint density at radius 3 is 2.41 bits per heavy atom. The zero-order valence-electron chi connectivity index (χ0n) is 12.7. The van der Waals surface area contributed by atoms with Gasteiger partial charge in [0.25, 0.3) is 0 Å². The van der Waals surface area contributed by atoms with Crippen molar-refractivity contribution in [3.05, 3.63) is 65.7 Å². The van der Waals surface area contributed by atoms with Gasteiger partial charge in [-0.3, -0.25) is 0 Å². The van der Waals surface area contributed by atoms with E-state index in [4.69, 9.17) is 4.74 Å². The molecule has 4 nitrogen and oxygen atoms in total. The lowest BCUT2D eigenvalue weighted by atomic mass is 10.1. The highest BCUT2D eigenvalue weighted by molar-refractivity contribution is 5.70. The number of esters is 1. The van der Waals surface area contributed by atoms with E-state index >= 15 is 0 Å². The molecule has 4 heteroatoms. The Balaban J connectivity index is 1.69. The first-order valence-corrected chi connectivity index (χ1v) is 7.31. The van der Waals surface area contributed by atoms with Gasteiger partial charge in [-0.05, 0) is 36.2 Å². The third-order valence-corrected chi connectivity index (χ3v) is 3.27. The molecule has 0 atom stereocenters. The summed E-state index contributed by atoms with van der Waals surface area (Å²) in [5, 5.41) is 3.41. The van der Waals surface area contributed by atoms with Gasteiger partial charge in [0.15, 0.2) is 6.61 Å². The predicted molar refractivity (Wildman–Crippen MR) is 85.8 cm³/mol. The van der Waals surface area contributed by atoms with Crippen LogP contribution in [0.4, 0.5) is 0 Å². The Morgan fingerprint density at radius 1 is 1.00 bits per heavy atom. The first kappa shape index (κ1) is 16.0. The van der Waals surface area contributed by atoms with Gasteiger partial charge in [-0.1, -0.05) is 42.5 Å². The van der Waals surface area contributed by atoms with Crippen LogP contribution in [0.1, 0.15) is 11.1 Å². The maximum Gasteiger partial charge on any atom is 0.343 e. The average molecular weight is 299 g/mol. The molecule has 0 aliphatic carbocycles. The number of carbonyl (C=O) groups is 1. The van der Waals surface area contributed by atoms with Crippen molar-refractivity contribution in [1.29, 1.82) is 0 Å². The van der Waals surface area contributed by atoms with Crippen LogP contribution in [-0.4, -0.2) is 26.2 Å². The van der Waals surface area contributed by atoms with E-state index in [1.165, 1.54) is 18.2 Å². The summed E-state index contributed by atoms with van der Waals surface area (Å²) in [5.74, 6) is 0.282. The van der Waals surface area contributed by atoms with Crippen LogP contribution >= 0.6 is 0 Å². The molecule has 0 radical (unpaired) electrons. The van der Waals surface area contributed by atoms with E-state index in [2.05, 4.69) is 34.3 Å². The van der Waals surface area contributed by atoms with Crippen molar-refractivity contribution in [2.75, 3.05) is 20.3 Å². The van der Waals surface area contributed by atoms with Crippen LogP contribution < -0.4 is 10.1 Å². The van der Waals surface area contributed by atoms with Crippen molar-refractivity contribution >= 4 is 5.97 Å². The van der Waals surface area contributed by atoms with Gasteiger partial charge in [0.2, 0.25) is 0 Å². The van der Waals surface area contributed by atoms with E-state index in [9.17, 15) is 4.79 Å². The molecular formula is C18H21NO3. The van der Waals surface area contributed by atoms with E-state index in [0.29, 0.717) is 5.75 Å². The molecule has 0 fully saturated rings. The Hall–Kier alpha value is -2.33. The number of carbonyl (C=O) groups excluding carboxylic acids is 1. The van der Waals surface area contributed by atoms with Crippen LogP contribution in [0.25, 0.3) is 0 Å². The molecular weight excluding hydrogens is 278 g/mol. The molecule has 0 heterocycles. The van der Waals surface area contributed by atoms with Crippen molar-refractivity contribution < 1.29 is 14.3 Å². The van der Waals surface area contributed by atoms with E-state index in [0.717, 1.165) is 19.5 Å². The topological polar surface area (TPSA) is 47.6 Å². The summed E-state index contributed by atoms with van der Waals surface area (Å²) in [5.41, 5.74) is 2.51. The van der Waals surface area contributed by atoms with Gasteiger partial charge in [-0.25, -0.2) is 4.79 Å². The Bertz CT molecular complexity index is 567. The maximum absolute atomic E-state index is 11.0. The second-order valence-electron chi connectivity index (χ2n) is 4.92. The number of hydrogen-bond donors (Lipinski definition) is 1. The van der Waals surface area contributed by atoms with E-state index in [1.807, 2.05) is 30.3 Å². The van der Waals surface area contributed by atoms with Crippen molar-refractivity contribution in [3.8, 4) is 5.75 Å². The zero-order chi connectivity index (χ0) is 15.6. The van der Waals surface area contributed by atoms with Gasteiger partial charge in [0.1, 0.15) is 5.75 Å². The van der Waals surface area contributed by atoms with Gasteiger partial charge in [0, 0.05) is 6.54 Å². The summed E-state index contributed by atoms with van der Waals surface area (Å²) in [6, 6.07) is 18.1. The standard InChI is InChI=1S/C18H21NO3/c1-21-18(20)14-22-17-9-7-16(8-10-17)13-19-12-11-15-5-3-2-4-6-15/h2-10,19H,11-14H2,1H3. The SMILES string of the molecule is COC(=O)COc1ccc(CNCCc2ccccc2)cc1. The minimum absolute atomic E-state index is 0.0643. The second-order valence-corrected chi connectivity index (χ2v) is 4.92. The normalized spacial score (nSPS) is 10.2. The maximum atomic E-state index is 11.0. The van der Waals surface area contributed by atoms with Crippen LogP contribution in [-0.2, 0) is 22.5 Å². The summed E-state index contributed by atoms with van der Waals surface area (Å²) < 4.78 is 9.83. The summed E-state index contributed by atoms with van der Waals surface area (Å²) in [6.07, 6.45) is 1.02. The molecule has 0 saturated heterocycles. The molecule has 0 spiro atoms. The lowest BCUT2D eigenvalue weighted by molar-refractivity contribution is -0.142. The van der Waals surface area contributed by atoms with Crippen molar-refractivity contribution in [2.24, 2.45) is 0 Å². The molecule has 2 rings (SSSR count). The number of nitrogens with one attached hydrogen (secondary N) is 1. The first-order chi connectivity index (χ1) is 10.8. The average Bonchev–Trinajstić information content (AvgIpc) is 2.58. The van der Waals surface area contributed by atoms with Crippen LogP contribution in [0.5, 0.6) is 5.75 Å². The lowest BCUT2D eigenvalue weighted by Gasteiger charge is -2.07.